The Balaban J connectivity index is 4.76. The first-order valence-electron chi connectivity index (χ1n) is 3.96. The number of rotatable bonds is 4. The second kappa shape index (κ2) is 3.72. The first kappa shape index (κ1) is 11.2. The van der Waals surface area contributed by atoms with Crippen molar-refractivity contribution in [3.63, 3.8) is 0 Å². The summed E-state index contributed by atoms with van der Waals surface area (Å²) in [5.41, 5.74) is -0.193. The average molecular weight is 171 g/mol. The zero-order chi connectivity index (χ0) is 9.94. The van der Waals surface area contributed by atoms with Crippen LogP contribution in [0.3, 0.4) is 0 Å². The van der Waals surface area contributed by atoms with Gasteiger partial charge in [0.05, 0.1) is 0 Å². The fourth-order valence-electron chi connectivity index (χ4n) is 1.03. The van der Waals surface area contributed by atoms with Crippen molar-refractivity contribution in [2.45, 2.75) is 25.8 Å². The molecule has 0 aromatic rings. The molecular weight excluding hydrogens is 154 g/mol. The Kier molecular flexibility index (Phi) is 3.46. The first-order chi connectivity index (χ1) is 5.36. The van der Waals surface area contributed by atoms with E-state index in [0.29, 0.717) is 0 Å². The van der Waals surface area contributed by atoms with Crippen LogP contribution in [0, 0.1) is 0 Å². The third-order valence-electron chi connectivity index (χ3n) is 2.58. The molecule has 0 aliphatic carbocycles. The smallest absolute Gasteiger partial charge is 0.332 e. The SMILES string of the molecule is C=C(C(=O)O)C(C)(CC)N(C)C. The maximum absolute atomic E-state index is 10.7. The molecule has 0 bridgehead atoms. The highest BCUT2D eigenvalue weighted by Crippen LogP contribution is 2.24. The molecule has 0 amide bonds. The number of carboxylic acid groups (broad SMARTS) is 1. The number of carbonyl (C=O) groups is 1. The van der Waals surface area contributed by atoms with Gasteiger partial charge in [0.2, 0.25) is 0 Å². The summed E-state index contributed by atoms with van der Waals surface area (Å²) in [5.74, 6) is -0.923. The Morgan fingerprint density at radius 2 is 2.00 bits per heavy atom. The van der Waals surface area contributed by atoms with Crippen LogP contribution in [0.1, 0.15) is 20.3 Å². The van der Waals surface area contributed by atoms with Crippen LogP contribution >= 0.6 is 0 Å². The molecular formula is C9H17NO2. The lowest BCUT2D eigenvalue weighted by molar-refractivity contribution is -0.134. The van der Waals surface area contributed by atoms with Gasteiger partial charge in [-0.3, -0.25) is 4.90 Å². The van der Waals surface area contributed by atoms with E-state index in [1.807, 2.05) is 32.8 Å². The third-order valence-corrected chi connectivity index (χ3v) is 2.58. The molecule has 0 heterocycles. The van der Waals surface area contributed by atoms with Gasteiger partial charge in [0.25, 0.3) is 0 Å². The zero-order valence-corrected chi connectivity index (χ0v) is 8.22. The molecule has 0 rings (SSSR count). The van der Waals surface area contributed by atoms with Crippen molar-refractivity contribution in [3.8, 4) is 0 Å². The summed E-state index contributed by atoms with van der Waals surface area (Å²) in [6.07, 6.45) is 0.741. The van der Waals surface area contributed by atoms with Gasteiger partial charge < -0.3 is 5.11 Å². The van der Waals surface area contributed by atoms with Crippen molar-refractivity contribution >= 4 is 5.97 Å². The van der Waals surface area contributed by atoms with Gasteiger partial charge in [-0.25, -0.2) is 4.79 Å². The molecule has 0 aliphatic heterocycles. The molecule has 0 saturated heterocycles. The monoisotopic (exact) mass is 171 g/mol. The van der Waals surface area contributed by atoms with Crippen molar-refractivity contribution in [1.29, 1.82) is 0 Å². The molecule has 0 radical (unpaired) electrons. The second-order valence-corrected chi connectivity index (χ2v) is 3.31. The Morgan fingerprint density at radius 1 is 1.58 bits per heavy atom. The highest BCUT2D eigenvalue weighted by molar-refractivity contribution is 5.88. The lowest BCUT2D eigenvalue weighted by Gasteiger charge is -2.35. The van der Waals surface area contributed by atoms with E-state index in [-0.39, 0.29) is 5.57 Å². The number of likely N-dealkylation sites (N-methyl/N-ethyl adjacent to an activating group) is 1. The van der Waals surface area contributed by atoms with E-state index in [4.69, 9.17) is 5.11 Å². The lowest BCUT2D eigenvalue weighted by Crippen LogP contribution is -2.44. The first-order valence-corrected chi connectivity index (χ1v) is 3.96. The maximum Gasteiger partial charge on any atom is 0.332 e. The predicted octanol–water partition coefficient (Wildman–Crippen LogP) is 1.36. The number of nitrogens with zero attached hydrogens (tertiary/aromatic N) is 1. The summed E-state index contributed by atoms with van der Waals surface area (Å²) in [6, 6.07) is 0. The van der Waals surface area contributed by atoms with E-state index in [0.717, 1.165) is 6.42 Å². The van der Waals surface area contributed by atoms with E-state index in [1.54, 1.807) is 0 Å². The van der Waals surface area contributed by atoms with Gasteiger partial charge in [-0.05, 0) is 27.4 Å². The van der Waals surface area contributed by atoms with E-state index in [9.17, 15) is 4.79 Å². The topological polar surface area (TPSA) is 40.5 Å². The van der Waals surface area contributed by atoms with Gasteiger partial charge in [-0.15, -0.1) is 0 Å². The van der Waals surface area contributed by atoms with Crippen molar-refractivity contribution in [1.82, 2.24) is 4.90 Å². The maximum atomic E-state index is 10.7. The van der Waals surface area contributed by atoms with Gasteiger partial charge in [-0.1, -0.05) is 13.5 Å². The summed E-state index contributed by atoms with van der Waals surface area (Å²) in [5, 5.41) is 8.77. The van der Waals surface area contributed by atoms with E-state index >= 15 is 0 Å². The fraction of sp³-hybridized carbons (Fsp3) is 0.667. The minimum Gasteiger partial charge on any atom is -0.478 e. The van der Waals surface area contributed by atoms with Crippen molar-refractivity contribution in [2.75, 3.05) is 14.1 Å². The Hall–Kier alpha value is -0.830. The largest absolute Gasteiger partial charge is 0.478 e. The summed E-state index contributed by atoms with van der Waals surface area (Å²) in [4.78, 5) is 12.6. The molecule has 0 aromatic carbocycles. The second-order valence-electron chi connectivity index (χ2n) is 3.31. The van der Waals surface area contributed by atoms with Crippen LogP contribution in [0.4, 0.5) is 0 Å². The quantitative estimate of drug-likeness (QED) is 0.649. The molecule has 3 nitrogen and oxygen atoms in total. The fourth-order valence-corrected chi connectivity index (χ4v) is 1.03. The van der Waals surface area contributed by atoms with Gasteiger partial charge in [-0.2, -0.15) is 0 Å². The van der Waals surface area contributed by atoms with E-state index in [2.05, 4.69) is 6.58 Å². The van der Waals surface area contributed by atoms with Crippen LogP contribution in [0.5, 0.6) is 0 Å². The average Bonchev–Trinajstić information content (AvgIpc) is 2.01. The zero-order valence-electron chi connectivity index (χ0n) is 8.22. The van der Waals surface area contributed by atoms with Gasteiger partial charge in [0, 0.05) is 11.1 Å². The molecule has 3 heteroatoms. The van der Waals surface area contributed by atoms with E-state index < -0.39 is 11.5 Å². The molecule has 0 saturated carbocycles. The van der Waals surface area contributed by atoms with Crippen LogP contribution in [0.25, 0.3) is 0 Å². The Morgan fingerprint density at radius 3 is 2.08 bits per heavy atom. The van der Waals surface area contributed by atoms with Crippen LogP contribution in [0.15, 0.2) is 12.2 Å². The molecule has 0 aromatic heterocycles. The molecule has 0 spiro atoms. The molecule has 1 N–H and O–H groups in total. The lowest BCUT2D eigenvalue weighted by atomic mass is 9.89. The number of hydrogen-bond acceptors (Lipinski definition) is 2. The Bertz CT molecular complexity index is 199. The van der Waals surface area contributed by atoms with Crippen LogP contribution in [0.2, 0.25) is 0 Å². The molecule has 70 valence electrons. The van der Waals surface area contributed by atoms with Gasteiger partial charge in [0.15, 0.2) is 0 Å². The number of aliphatic carboxylic acids is 1. The number of carboxylic acids is 1. The molecule has 1 unspecified atom stereocenters. The van der Waals surface area contributed by atoms with Gasteiger partial charge >= 0.3 is 5.97 Å². The summed E-state index contributed by atoms with van der Waals surface area (Å²) in [6.45, 7) is 7.41. The van der Waals surface area contributed by atoms with Crippen molar-refractivity contribution < 1.29 is 9.90 Å². The summed E-state index contributed by atoms with van der Waals surface area (Å²) >= 11 is 0. The summed E-state index contributed by atoms with van der Waals surface area (Å²) < 4.78 is 0. The highest BCUT2D eigenvalue weighted by Gasteiger charge is 2.31. The van der Waals surface area contributed by atoms with Gasteiger partial charge in [0.1, 0.15) is 0 Å². The molecule has 0 aliphatic rings. The molecule has 0 fully saturated rings. The molecule has 12 heavy (non-hydrogen) atoms. The third kappa shape index (κ3) is 1.85. The minimum absolute atomic E-state index is 0.245. The van der Waals surface area contributed by atoms with Crippen LogP contribution in [-0.4, -0.2) is 35.6 Å². The predicted molar refractivity (Wildman–Crippen MR) is 49.2 cm³/mol. The van der Waals surface area contributed by atoms with E-state index in [1.165, 1.54) is 0 Å². The van der Waals surface area contributed by atoms with Crippen LogP contribution in [-0.2, 0) is 4.79 Å². The summed E-state index contributed by atoms with van der Waals surface area (Å²) in [7, 11) is 3.72. The standard InChI is InChI=1S/C9H17NO2/c1-6-9(3,10(4)5)7(2)8(11)12/h2,6H2,1,3-5H3,(H,11,12). The number of hydrogen-bond donors (Lipinski definition) is 1. The Labute approximate surface area is 73.7 Å². The van der Waals surface area contributed by atoms with Crippen molar-refractivity contribution in [2.24, 2.45) is 0 Å². The minimum atomic E-state index is -0.923. The normalized spacial score (nSPS) is 15.8. The molecule has 1 atom stereocenters. The van der Waals surface area contributed by atoms with Crippen LogP contribution < -0.4 is 0 Å². The van der Waals surface area contributed by atoms with Crippen molar-refractivity contribution in [3.05, 3.63) is 12.2 Å². The highest BCUT2D eigenvalue weighted by atomic mass is 16.4.